The minimum atomic E-state index is -1.29. The first-order chi connectivity index (χ1) is 23.3. The third-order valence-corrected chi connectivity index (χ3v) is 12.9. The zero-order valence-corrected chi connectivity index (χ0v) is 32.2. The van der Waals surface area contributed by atoms with E-state index in [1.807, 2.05) is 41.2 Å². The average molecular weight is 700 g/mol. The number of benzene rings is 1. The molecule has 262 valence electrons. The third kappa shape index (κ3) is 9.89. The van der Waals surface area contributed by atoms with Gasteiger partial charge in [-0.25, -0.2) is 4.98 Å². The average Bonchev–Trinajstić information content (AvgIpc) is 3.50. The number of hydrogen-bond donors (Lipinski definition) is 2. The monoisotopic (exact) mass is 699 g/mol. The largest absolute Gasteiger partial charge is 0.394 e. The van der Waals surface area contributed by atoms with E-state index in [4.69, 9.17) is 32.4 Å². The molecule has 1 aliphatic carbocycles. The van der Waals surface area contributed by atoms with Gasteiger partial charge in [0.25, 0.3) is 0 Å². The zero-order valence-electron chi connectivity index (χ0n) is 30.2. The van der Waals surface area contributed by atoms with E-state index in [2.05, 4.69) is 62.4 Å². The Kier molecular flexibility index (Phi) is 12.5. The molecule has 0 bridgehead atoms. The summed E-state index contributed by atoms with van der Waals surface area (Å²) in [6.45, 7) is 15.9. The van der Waals surface area contributed by atoms with E-state index in [0.29, 0.717) is 37.8 Å². The van der Waals surface area contributed by atoms with E-state index < -0.39 is 22.3 Å². The molecule has 1 aromatic carbocycles. The molecule has 1 atom stereocenters. The highest BCUT2D eigenvalue weighted by molar-refractivity contribution is 6.76. The van der Waals surface area contributed by atoms with Crippen LogP contribution in [0.4, 0.5) is 5.82 Å². The Labute approximate surface area is 295 Å². The van der Waals surface area contributed by atoms with Crippen molar-refractivity contribution in [3.63, 3.8) is 0 Å². The lowest BCUT2D eigenvalue weighted by Crippen LogP contribution is -2.38. The van der Waals surface area contributed by atoms with E-state index >= 15 is 0 Å². The number of fused-ring (bicyclic) bond motifs is 1. The van der Waals surface area contributed by atoms with Gasteiger partial charge in [0.05, 0.1) is 24.6 Å². The lowest BCUT2D eigenvalue weighted by molar-refractivity contribution is 0.0301. The van der Waals surface area contributed by atoms with Crippen LogP contribution in [0.3, 0.4) is 0 Å². The van der Waals surface area contributed by atoms with E-state index in [9.17, 15) is 10.2 Å². The predicted molar refractivity (Wildman–Crippen MR) is 205 cm³/mol. The van der Waals surface area contributed by atoms with Gasteiger partial charge >= 0.3 is 0 Å². The molecule has 1 fully saturated rings. The molecular weight excluding hydrogens is 645 g/mol. The summed E-state index contributed by atoms with van der Waals surface area (Å²) in [5.41, 5.74) is 5.88. The van der Waals surface area contributed by atoms with Crippen LogP contribution in [0.1, 0.15) is 37.3 Å². The highest BCUT2D eigenvalue weighted by atomic mass is 28.3. The van der Waals surface area contributed by atoms with Crippen molar-refractivity contribution < 1.29 is 19.7 Å². The van der Waals surface area contributed by atoms with Crippen molar-refractivity contribution in [3.8, 4) is 22.4 Å². The quantitative estimate of drug-likeness (QED) is 0.0797. The van der Waals surface area contributed by atoms with Crippen molar-refractivity contribution in [1.82, 2.24) is 19.6 Å². The second-order valence-corrected chi connectivity index (χ2v) is 27.2. The minimum Gasteiger partial charge on any atom is -0.394 e. The van der Waals surface area contributed by atoms with Gasteiger partial charge in [-0.05, 0) is 55.2 Å². The molecule has 2 N–H and O–H groups in total. The maximum atomic E-state index is 10.3. The first kappa shape index (κ1) is 37.4. The first-order valence-electron chi connectivity index (χ1n) is 17.7. The van der Waals surface area contributed by atoms with E-state index in [1.54, 1.807) is 0 Å². The summed E-state index contributed by atoms with van der Waals surface area (Å²) in [5.74, 6) is 0.898. The van der Waals surface area contributed by atoms with Crippen molar-refractivity contribution >= 4 is 40.9 Å². The van der Waals surface area contributed by atoms with Crippen molar-refractivity contribution in [2.24, 2.45) is 5.92 Å². The van der Waals surface area contributed by atoms with Gasteiger partial charge in [0.1, 0.15) is 27.1 Å². The van der Waals surface area contributed by atoms with Crippen LogP contribution in [0, 0.1) is 5.92 Å². The Bertz CT molecular complexity index is 1610. The summed E-state index contributed by atoms with van der Waals surface area (Å²) in [7, 11) is 4.55. The number of pyridine rings is 1. The SMILES string of the molecule is [B]c1c(C2CCC(C(O)CO)CC2)nc2c(-c3ccc(-c4ccccc4)nc3)cnn2c1N(COCC[Si](C)(C)C)COCC[Si](C)(C)C. The molecule has 0 saturated heterocycles. The highest BCUT2D eigenvalue weighted by Crippen LogP contribution is 2.38. The van der Waals surface area contributed by atoms with Crippen LogP contribution in [-0.2, 0) is 9.47 Å². The van der Waals surface area contributed by atoms with Crippen LogP contribution in [0.15, 0.2) is 54.9 Å². The fourth-order valence-electron chi connectivity index (χ4n) is 6.35. The summed E-state index contributed by atoms with van der Waals surface area (Å²) < 4.78 is 14.5. The second kappa shape index (κ2) is 16.4. The molecular formula is C37H54BN5O4Si2. The Hall–Kier alpha value is -2.87. The molecule has 1 saturated carbocycles. The number of hydrogen-bond acceptors (Lipinski definition) is 8. The highest BCUT2D eigenvalue weighted by Gasteiger charge is 2.31. The third-order valence-electron chi connectivity index (χ3n) is 9.51. The molecule has 1 aliphatic rings. The molecule has 5 rings (SSSR count). The molecule has 0 amide bonds. The van der Waals surface area contributed by atoms with Crippen molar-refractivity contribution in [2.75, 3.05) is 38.2 Å². The van der Waals surface area contributed by atoms with E-state index in [-0.39, 0.29) is 18.4 Å². The molecule has 3 heterocycles. The molecule has 1 unspecified atom stereocenters. The number of nitrogens with zero attached hydrogens (tertiary/aromatic N) is 5. The Morgan fingerprint density at radius 1 is 0.878 bits per heavy atom. The van der Waals surface area contributed by atoms with Crippen LogP contribution in [-0.4, -0.2) is 93.2 Å². The number of anilines is 1. The summed E-state index contributed by atoms with van der Waals surface area (Å²) in [4.78, 5) is 12.1. The fourth-order valence-corrected chi connectivity index (χ4v) is 7.87. The van der Waals surface area contributed by atoms with E-state index in [1.165, 1.54) is 0 Å². The van der Waals surface area contributed by atoms with Crippen molar-refractivity contribution in [1.29, 1.82) is 0 Å². The van der Waals surface area contributed by atoms with Gasteiger partial charge < -0.3 is 24.6 Å². The van der Waals surface area contributed by atoms with Gasteiger partial charge in [-0.1, -0.05) is 75.7 Å². The number of aliphatic hydroxyl groups is 2. The molecule has 4 aromatic rings. The fraction of sp³-hybridized carbons (Fsp3) is 0.541. The summed E-state index contributed by atoms with van der Waals surface area (Å²) in [6, 6.07) is 16.4. The lowest BCUT2D eigenvalue weighted by Gasteiger charge is -2.33. The zero-order chi connectivity index (χ0) is 35.2. The Balaban J connectivity index is 1.54. The van der Waals surface area contributed by atoms with Gasteiger partial charge in [-0.3, -0.25) is 4.98 Å². The standard InChI is InChI=1S/C37H54BN5O4Si2/c1-48(2,3)20-18-46-25-42(26-47-19-21-49(4,5)6)37-34(38)35(29-14-12-28(13-15-29)33(45)24-44)41-36-31(23-40-43(36)37)30-16-17-32(39-22-30)27-10-8-7-9-11-27/h7-11,16-17,22-23,28-29,33,44-45H,12-15,18-21,24-26H2,1-6H3. The van der Waals surface area contributed by atoms with Gasteiger partial charge in [-0.2, -0.15) is 9.61 Å². The van der Waals surface area contributed by atoms with Crippen LogP contribution in [0.25, 0.3) is 28.0 Å². The lowest BCUT2D eigenvalue weighted by atomic mass is 9.75. The van der Waals surface area contributed by atoms with E-state index in [0.717, 1.165) is 71.7 Å². The molecule has 2 radical (unpaired) electrons. The topological polar surface area (TPSA) is 105 Å². The normalized spacial score (nSPS) is 17.8. The number of ether oxygens (including phenoxy) is 2. The van der Waals surface area contributed by atoms with Gasteiger partial charge in [0.15, 0.2) is 5.65 Å². The number of aliphatic hydroxyl groups excluding tert-OH is 2. The number of aromatic nitrogens is 4. The number of rotatable bonds is 16. The van der Waals surface area contributed by atoms with Crippen molar-refractivity contribution in [2.45, 2.75) is 89.1 Å². The van der Waals surface area contributed by atoms with Crippen LogP contribution >= 0.6 is 0 Å². The van der Waals surface area contributed by atoms with Gasteiger partial charge in [0, 0.05) is 63.9 Å². The molecule has 0 aliphatic heterocycles. The summed E-state index contributed by atoms with van der Waals surface area (Å²) >= 11 is 0. The predicted octanol–water partition coefficient (Wildman–Crippen LogP) is 6.31. The molecule has 0 spiro atoms. The maximum Gasteiger partial charge on any atom is 0.165 e. The van der Waals surface area contributed by atoms with Crippen molar-refractivity contribution in [3.05, 3.63) is 60.6 Å². The summed E-state index contributed by atoms with van der Waals surface area (Å²) in [5, 5.41) is 24.8. The summed E-state index contributed by atoms with van der Waals surface area (Å²) in [6.07, 6.45) is 6.28. The van der Waals surface area contributed by atoms with Crippen LogP contribution < -0.4 is 10.4 Å². The first-order valence-corrected chi connectivity index (χ1v) is 25.1. The Morgan fingerprint density at radius 2 is 1.51 bits per heavy atom. The second-order valence-electron chi connectivity index (χ2n) is 15.9. The molecule has 9 nitrogen and oxygen atoms in total. The maximum absolute atomic E-state index is 10.3. The smallest absolute Gasteiger partial charge is 0.165 e. The minimum absolute atomic E-state index is 0.0708. The van der Waals surface area contributed by atoms with Gasteiger partial charge in [0.2, 0.25) is 0 Å². The molecule has 12 heteroatoms. The van der Waals surface area contributed by atoms with Crippen LogP contribution in [0.5, 0.6) is 0 Å². The Morgan fingerprint density at radius 3 is 2.06 bits per heavy atom. The van der Waals surface area contributed by atoms with Crippen LogP contribution in [0.2, 0.25) is 51.4 Å². The van der Waals surface area contributed by atoms with Gasteiger partial charge in [-0.15, -0.1) is 0 Å². The molecule has 49 heavy (non-hydrogen) atoms. The molecule has 3 aromatic heterocycles.